The molecule has 0 aliphatic carbocycles. The van der Waals surface area contributed by atoms with Gasteiger partial charge in [0.05, 0.1) is 0 Å². The number of hydrogen-bond donors (Lipinski definition) is 1. The molecule has 0 unspecified atom stereocenters. The Bertz CT molecular complexity index is 443. The average Bonchev–Trinajstić information content (AvgIpc) is 2.25. The summed E-state index contributed by atoms with van der Waals surface area (Å²) in [6.07, 6.45) is 1.04. The zero-order valence-corrected chi connectivity index (χ0v) is 14.1. The molecule has 0 saturated carbocycles. The lowest BCUT2D eigenvalue weighted by molar-refractivity contribution is 0.0934. The van der Waals surface area contributed by atoms with E-state index in [1.54, 1.807) is 0 Å². The van der Waals surface area contributed by atoms with Crippen LogP contribution in [0, 0.1) is 26.2 Å². The summed E-state index contributed by atoms with van der Waals surface area (Å²) in [6.45, 7) is 11.1. The Morgan fingerprint density at radius 3 is 2.21 bits per heavy atom. The van der Waals surface area contributed by atoms with Crippen LogP contribution >= 0.6 is 15.9 Å². The molecule has 1 rings (SSSR count). The molecule has 0 aliphatic heterocycles. The molecule has 0 aliphatic rings. The van der Waals surface area contributed by atoms with Gasteiger partial charge in [-0.25, -0.2) is 0 Å². The van der Waals surface area contributed by atoms with Gasteiger partial charge in [-0.05, 0) is 43.7 Å². The van der Waals surface area contributed by atoms with Gasteiger partial charge in [-0.15, -0.1) is 0 Å². The van der Waals surface area contributed by atoms with Gasteiger partial charge in [0.1, 0.15) is 0 Å². The summed E-state index contributed by atoms with van der Waals surface area (Å²) in [5.74, 6) is 0.0395. The third-order valence-electron chi connectivity index (χ3n) is 3.40. The molecule has 0 saturated heterocycles. The van der Waals surface area contributed by atoms with Crippen molar-refractivity contribution >= 4 is 21.8 Å². The molecular weight excluding hydrogens is 302 g/mol. The van der Waals surface area contributed by atoms with Crippen LogP contribution in [-0.2, 0) is 0 Å². The summed E-state index contributed by atoms with van der Waals surface area (Å²) in [6, 6.07) is 4.12. The summed E-state index contributed by atoms with van der Waals surface area (Å²) in [5, 5.41) is 4.02. The van der Waals surface area contributed by atoms with Crippen molar-refractivity contribution in [3.05, 3.63) is 34.4 Å². The fourth-order valence-corrected chi connectivity index (χ4v) is 3.36. The maximum Gasteiger partial charge on any atom is 0.251 e. The number of aryl methyl sites for hydroxylation is 3. The molecule has 0 radical (unpaired) electrons. The van der Waals surface area contributed by atoms with Crippen molar-refractivity contribution in [2.45, 2.75) is 41.0 Å². The fourth-order valence-electron chi connectivity index (χ4n) is 2.29. The quantitative estimate of drug-likeness (QED) is 0.809. The van der Waals surface area contributed by atoms with Crippen LogP contribution in [0.2, 0.25) is 0 Å². The normalized spacial score (nSPS) is 11.5. The molecule has 106 valence electrons. The van der Waals surface area contributed by atoms with Crippen LogP contribution in [0.4, 0.5) is 0 Å². The van der Waals surface area contributed by atoms with Gasteiger partial charge in [0.25, 0.3) is 5.91 Å². The molecule has 0 spiro atoms. The van der Waals surface area contributed by atoms with E-state index in [0.29, 0.717) is 6.54 Å². The molecule has 1 aromatic rings. The Morgan fingerprint density at radius 2 is 1.74 bits per heavy atom. The van der Waals surface area contributed by atoms with Crippen molar-refractivity contribution in [3.8, 4) is 0 Å². The van der Waals surface area contributed by atoms with E-state index < -0.39 is 0 Å². The molecule has 0 aromatic heterocycles. The smallest absolute Gasteiger partial charge is 0.251 e. The largest absolute Gasteiger partial charge is 0.351 e. The van der Waals surface area contributed by atoms with E-state index in [2.05, 4.69) is 54.2 Å². The minimum Gasteiger partial charge on any atom is -0.351 e. The molecule has 3 heteroatoms. The third kappa shape index (κ3) is 4.64. The van der Waals surface area contributed by atoms with Crippen LogP contribution in [-0.4, -0.2) is 17.8 Å². The molecule has 2 nitrogen and oxygen atoms in total. The number of nitrogens with one attached hydrogen (secondary N) is 1. The number of benzene rings is 1. The second kappa shape index (κ2) is 6.56. The number of amides is 1. The Hall–Kier alpha value is -0.830. The van der Waals surface area contributed by atoms with Crippen molar-refractivity contribution in [3.63, 3.8) is 0 Å². The summed E-state index contributed by atoms with van der Waals surface area (Å²) < 4.78 is 0. The van der Waals surface area contributed by atoms with Gasteiger partial charge in [-0.2, -0.15) is 0 Å². The number of alkyl halides is 1. The van der Waals surface area contributed by atoms with E-state index in [-0.39, 0.29) is 11.3 Å². The highest BCUT2D eigenvalue weighted by atomic mass is 79.9. The van der Waals surface area contributed by atoms with Crippen LogP contribution in [0.5, 0.6) is 0 Å². The van der Waals surface area contributed by atoms with Crippen LogP contribution in [0.3, 0.4) is 0 Å². The van der Waals surface area contributed by atoms with Gasteiger partial charge in [0, 0.05) is 17.4 Å². The molecule has 1 aromatic carbocycles. The predicted molar refractivity (Wildman–Crippen MR) is 85.2 cm³/mol. The van der Waals surface area contributed by atoms with E-state index >= 15 is 0 Å². The van der Waals surface area contributed by atoms with E-state index in [1.807, 2.05) is 13.8 Å². The number of halogens is 1. The standard InChI is InChI=1S/C16H24BrNO/c1-11-8-12(2)14(13(3)9-11)15(19)18-10-16(4,5)6-7-17/h8-9H,6-7,10H2,1-5H3,(H,18,19). The lowest BCUT2D eigenvalue weighted by Crippen LogP contribution is -2.35. The Balaban J connectivity index is 2.80. The zero-order valence-electron chi connectivity index (χ0n) is 12.6. The first kappa shape index (κ1) is 16.2. The molecule has 0 bridgehead atoms. The monoisotopic (exact) mass is 325 g/mol. The third-order valence-corrected chi connectivity index (χ3v) is 3.80. The Kier molecular flexibility index (Phi) is 5.60. The molecule has 1 N–H and O–H groups in total. The van der Waals surface area contributed by atoms with E-state index in [9.17, 15) is 4.79 Å². The van der Waals surface area contributed by atoms with Crippen LogP contribution in [0.1, 0.15) is 47.3 Å². The maximum absolute atomic E-state index is 12.3. The molecule has 0 atom stereocenters. The van der Waals surface area contributed by atoms with Crippen LogP contribution in [0.25, 0.3) is 0 Å². The Morgan fingerprint density at radius 1 is 1.21 bits per heavy atom. The zero-order chi connectivity index (χ0) is 14.6. The second-order valence-corrected chi connectivity index (χ2v) is 6.85. The first-order valence-corrected chi connectivity index (χ1v) is 7.81. The van der Waals surface area contributed by atoms with Gasteiger partial charge in [-0.1, -0.05) is 47.5 Å². The van der Waals surface area contributed by atoms with Gasteiger partial charge in [0.2, 0.25) is 0 Å². The van der Waals surface area contributed by atoms with Gasteiger partial charge in [0.15, 0.2) is 0 Å². The van der Waals surface area contributed by atoms with Gasteiger partial charge in [-0.3, -0.25) is 4.79 Å². The van der Waals surface area contributed by atoms with Crippen LogP contribution in [0.15, 0.2) is 12.1 Å². The highest BCUT2D eigenvalue weighted by molar-refractivity contribution is 9.09. The molecule has 1 amide bonds. The summed E-state index contributed by atoms with van der Waals surface area (Å²) in [4.78, 5) is 12.3. The van der Waals surface area contributed by atoms with Crippen molar-refractivity contribution in [2.75, 3.05) is 11.9 Å². The Labute approximate surface area is 125 Å². The maximum atomic E-state index is 12.3. The van der Waals surface area contributed by atoms with Gasteiger partial charge < -0.3 is 5.32 Å². The fraction of sp³-hybridized carbons (Fsp3) is 0.562. The molecule has 19 heavy (non-hydrogen) atoms. The van der Waals surface area contributed by atoms with Crippen molar-refractivity contribution in [2.24, 2.45) is 5.41 Å². The number of hydrogen-bond acceptors (Lipinski definition) is 1. The number of rotatable bonds is 5. The lowest BCUT2D eigenvalue weighted by atomic mass is 9.90. The topological polar surface area (TPSA) is 29.1 Å². The summed E-state index contributed by atoms with van der Waals surface area (Å²) >= 11 is 3.46. The van der Waals surface area contributed by atoms with E-state index in [4.69, 9.17) is 0 Å². The summed E-state index contributed by atoms with van der Waals surface area (Å²) in [7, 11) is 0. The van der Waals surface area contributed by atoms with Crippen LogP contribution < -0.4 is 5.32 Å². The highest BCUT2D eigenvalue weighted by Crippen LogP contribution is 2.21. The van der Waals surface area contributed by atoms with E-state index in [0.717, 1.165) is 28.4 Å². The first-order valence-electron chi connectivity index (χ1n) is 6.69. The highest BCUT2D eigenvalue weighted by Gasteiger charge is 2.19. The summed E-state index contributed by atoms with van der Waals surface area (Å²) in [5.41, 5.74) is 4.24. The van der Waals surface area contributed by atoms with E-state index in [1.165, 1.54) is 5.56 Å². The van der Waals surface area contributed by atoms with Crippen molar-refractivity contribution in [1.82, 2.24) is 5.32 Å². The van der Waals surface area contributed by atoms with Gasteiger partial charge >= 0.3 is 0 Å². The number of carbonyl (C=O) groups is 1. The lowest BCUT2D eigenvalue weighted by Gasteiger charge is -2.24. The molecular formula is C16H24BrNO. The minimum absolute atomic E-state index is 0.0395. The predicted octanol–water partition coefficient (Wildman–Crippen LogP) is 4.15. The SMILES string of the molecule is Cc1cc(C)c(C(=O)NCC(C)(C)CCBr)c(C)c1. The first-order chi connectivity index (χ1) is 8.76. The van der Waals surface area contributed by atoms with Crippen molar-refractivity contribution < 1.29 is 4.79 Å². The van der Waals surface area contributed by atoms with Crippen molar-refractivity contribution in [1.29, 1.82) is 0 Å². The minimum atomic E-state index is 0.0395. The number of carbonyl (C=O) groups excluding carboxylic acids is 1. The average molecular weight is 326 g/mol. The molecule has 0 heterocycles. The molecule has 0 fully saturated rings. The second-order valence-electron chi connectivity index (χ2n) is 6.06.